The van der Waals surface area contributed by atoms with Gasteiger partial charge in [0.05, 0.1) is 30.7 Å². The van der Waals surface area contributed by atoms with Gasteiger partial charge in [0.15, 0.2) is 11.5 Å². The summed E-state index contributed by atoms with van der Waals surface area (Å²) in [6.45, 7) is 7.47. The summed E-state index contributed by atoms with van der Waals surface area (Å²) in [6.07, 6.45) is 0.855. The van der Waals surface area contributed by atoms with Gasteiger partial charge < -0.3 is 14.8 Å². The van der Waals surface area contributed by atoms with Crippen molar-refractivity contribution in [1.82, 2.24) is 25.5 Å². The minimum Gasteiger partial charge on any atom is -0.490 e. The molecular weight excluding hydrogens is 426 g/mol. The van der Waals surface area contributed by atoms with Gasteiger partial charge in [-0.1, -0.05) is 49.4 Å². The van der Waals surface area contributed by atoms with Gasteiger partial charge >= 0.3 is 0 Å². The molecule has 0 saturated carbocycles. The molecule has 8 nitrogen and oxygen atoms in total. The third kappa shape index (κ3) is 5.21. The molecule has 0 bridgehead atoms. The highest BCUT2D eigenvalue weighted by Crippen LogP contribution is 2.34. The number of fused-ring (bicyclic) bond motifs is 1. The first-order chi connectivity index (χ1) is 15.5. The number of aryl methyl sites for hydroxylation is 1. The van der Waals surface area contributed by atoms with Crippen molar-refractivity contribution < 1.29 is 14.3 Å². The second kappa shape index (κ2) is 10.0. The van der Waals surface area contributed by atoms with E-state index in [9.17, 15) is 4.79 Å². The van der Waals surface area contributed by atoms with Crippen LogP contribution in [0, 0.1) is 12.8 Å². The maximum absolute atomic E-state index is 12.8. The average Bonchev–Trinajstić information content (AvgIpc) is 3.13. The zero-order chi connectivity index (χ0) is 22.5. The number of carbonyl (C=O) groups excluding carboxylic acids is 1. The topological polar surface area (TPSA) is 91.2 Å². The van der Waals surface area contributed by atoms with Crippen LogP contribution in [0.1, 0.15) is 37.4 Å². The van der Waals surface area contributed by atoms with Gasteiger partial charge in [0.1, 0.15) is 0 Å². The number of hydrogen-bond acceptors (Lipinski definition) is 7. The Labute approximate surface area is 191 Å². The maximum atomic E-state index is 12.8. The van der Waals surface area contributed by atoms with Gasteiger partial charge in [0.2, 0.25) is 11.1 Å². The Morgan fingerprint density at radius 2 is 1.88 bits per heavy atom. The third-order valence-electron chi connectivity index (χ3n) is 5.17. The summed E-state index contributed by atoms with van der Waals surface area (Å²) in [6, 6.07) is 13.6. The number of amides is 1. The molecule has 1 amide bonds. The number of benzene rings is 2. The predicted octanol–water partition coefficient (Wildman–Crippen LogP) is 3.74. The molecule has 9 heteroatoms. The Morgan fingerprint density at radius 1 is 1.12 bits per heavy atom. The zero-order valence-corrected chi connectivity index (χ0v) is 19.3. The molecule has 0 fully saturated rings. The largest absolute Gasteiger partial charge is 0.490 e. The molecule has 1 aliphatic rings. The summed E-state index contributed by atoms with van der Waals surface area (Å²) < 4.78 is 13.2. The van der Waals surface area contributed by atoms with Crippen molar-refractivity contribution in [2.75, 3.05) is 19.0 Å². The van der Waals surface area contributed by atoms with E-state index in [1.54, 1.807) is 4.68 Å². The van der Waals surface area contributed by atoms with Crippen molar-refractivity contribution in [1.29, 1.82) is 0 Å². The molecule has 0 saturated heterocycles. The van der Waals surface area contributed by atoms with Crippen LogP contribution in [0.4, 0.5) is 0 Å². The molecular formula is C23H27N5O3S. The lowest BCUT2D eigenvalue weighted by atomic mass is 9.95. The maximum Gasteiger partial charge on any atom is 0.230 e. The van der Waals surface area contributed by atoms with Gasteiger partial charge in [-0.05, 0) is 53.1 Å². The number of rotatable bonds is 7. The molecule has 3 aromatic rings. The first-order valence-electron chi connectivity index (χ1n) is 10.7. The fraction of sp³-hybridized carbons (Fsp3) is 0.391. The number of thioether (sulfide) groups is 1. The molecule has 0 spiro atoms. The van der Waals surface area contributed by atoms with Gasteiger partial charge in [0, 0.05) is 6.42 Å². The van der Waals surface area contributed by atoms with Crippen molar-refractivity contribution >= 4 is 17.7 Å². The lowest BCUT2D eigenvalue weighted by Crippen LogP contribution is -2.33. The van der Waals surface area contributed by atoms with Crippen molar-refractivity contribution in [3.63, 3.8) is 0 Å². The summed E-state index contributed by atoms with van der Waals surface area (Å²) in [7, 11) is 0. The molecule has 168 valence electrons. The highest BCUT2D eigenvalue weighted by atomic mass is 32.2. The van der Waals surface area contributed by atoms with Crippen LogP contribution in [0.5, 0.6) is 11.5 Å². The molecule has 32 heavy (non-hydrogen) atoms. The zero-order valence-electron chi connectivity index (χ0n) is 18.4. The molecule has 2 aromatic carbocycles. The van der Waals surface area contributed by atoms with Gasteiger partial charge in [-0.25, -0.2) is 0 Å². The Bertz CT molecular complexity index is 1070. The van der Waals surface area contributed by atoms with Gasteiger partial charge in [-0.15, -0.1) is 5.10 Å². The third-order valence-corrected chi connectivity index (χ3v) is 6.08. The van der Waals surface area contributed by atoms with Crippen LogP contribution in [0.3, 0.4) is 0 Å². The SMILES string of the molecule is Cc1ccc(-n2nnnc2SCC(=O)NC(c2ccc3c(c2)OCCCO3)C(C)C)cc1. The first-order valence-corrected chi connectivity index (χ1v) is 11.7. The van der Waals surface area contributed by atoms with Crippen LogP contribution in [-0.2, 0) is 4.79 Å². The normalized spacial score (nSPS) is 14.1. The van der Waals surface area contributed by atoms with Crippen LogP contribution < -0.4 is 14.8 Å². The lowest BCUT2D eigenvalue weighted by Gasteiger charge is -2.23. The van der Waals surface area contributed by atoms with E-state index in [0.29, 0.717) is 18.4 Å². The van der Waals surface area contributed by atoms with Gasteiger partial charge in [-0.2, -0.15) is 4.68 Å². The second-order valence-electron chi connectivity index (χ2n) is 8.04. The van der Waals surface area contributed by atoms with E-state index in [-0.39, 0.29) is 23.6 Å². The standard InChI is InChI=1S/C23H27N5O3S/c1-15(2)22(17-7-10-19-20(13-17)31-12-4-11-30-19)24-21(29)14-32-23-25-26-27-28(23)18-8-5-16(3)6-9-18/h5-10,13,15,22H,4,11-12,14H2,1-3H3,(H,24,29). The quantitative estimate of drug-likeness (QED) is 0.545. The molecule has 1 aliphatic heterocycles. The highest BCUT2D eigenvalue weighted by Gasteiger charge is 2.22. The predicted molar refractivity (Wildman–Crippen MR) is 122 cm³/mol. The molecule has 4 rings (SSSR count). The van der Waals surface area contributed by atoms with Crippen molar-refractivity contribution in [3.05, 3.63) is 53.6 Å². The van der Waals surface area contributed by atoms with Crippen LogP contribution in [0.2, 0.25) is 0 Å². The van der Waals surface area contributed by atoms with Crippen molar-refractivity contribution in [2.45, 2.75) is 38.4 Å². The second-order valence-corrected chi connectivity index (χ2v) is 8.99. The van der Waals surface area contributed by atoms with E-state index in [1.165, 1.54) is 11.8 Å². The lowest BCUT2D eigenvalue weighted by molar-refractivity contribution is -0.119. The monoisotopic (exact) mass is 453 g/mol. The molecule has 1 N–H and O–H groups in total. The number of tetrazole rings is 1. The summed E-state index contributed by atoms with van der Waals surface area (Å²) in [5, 5.41) is 15.6. The number of nitrogens with one attached hydrogen (secondary N) is 1. The molecule has 2 heterocycles. The summed E-state index contributed by atoms with van der Waals surface area (Å²) in [5.41, 5.74) is 3.01. The molecule has 1 unspecified atom stereocenters. The number of nitrogens with zero attached hydrogens (tertiary/aromatic N) is 4. The number of ether oxygens (including phenoxy) is 2. The Morgan fingerprint density at radius 3 is 2.62 bits per heavy atom. The van der Waals surface area contributed by atoms with Crippen molar-refractivity contribution in [3.8, 4) is 17.2 Å². The first kappa shape index (κ1) is 22.1. The number of hydrogen-bond donors (Lipinski definition) is 1. The van der Waals surface area contributed by atoms with E-state index in [2.05, 4.69) is 34.7 Å². The molecule has 0 radical (unpaired) electrons. The highest BCUT2D eigenvalue weighted by molar-refractivity contribution is 7.99. The summed E-state index contributed by atoms with van der Waals surface area (Å²) in [5.74, 6) is 1.80. The minimum atomic E-state index is -0.145. The fourth-order valence-electron chi connectivity index (χ4n) is 3.47. The van der Waals surface area contributed by atoms with Crippen LogP contribution in [0.15, 0.2) is 47.6 Å². The van der Waals surface area contributed by atoms with E-state index < -0.39 is 0 Å². The Hall–Kier alpha value is -3.07. The summed E-state index contributed by atoms with van der Waals surface area (Å²) >= 11 is 1.31. The van der Waals surface area contributed by atoms with Crippen LogP contribution in [0.25, 0.3) is 5.69 Å². The fourth-order valence-corrected chi connectivity index (χ4v) is 4.17. The summed E-state index contributed by atoms with van der Waals surface area (Å²) in [4.78, 5) is 12.8. The number of carbonyl (C=O) groups is 1. The number of aromatic nitrogens is 4. The van der Waals surface area contributed by atoms with E-state index in [4.69, 9.17) is 9.47 Å². The molecule has 1 aromatic heterocycles. The van der Waals surface area contributed by atoms with E-state index >= 15 is 0 Å². The Kier molecular flexibility index (Phi) is 6.94. The van der Waals surface area contributed by atoms with Crippen molar-refractivity contribution in [2.24, 2.45) is 5.92 Å². The van der Waals surface area contributed by atoms with Gasteiger partial charge in [-0.3, -0.25) is 4.79 Å². The van der Waals surface area contributed by atoms with E-state index in [1.807, 2.05) is 49.4 Å². The van der Waals surface area contributed by atoms with Gasteiger partial charge in [0.25, 0.3) is 0 Å². The molecule has 0 aliphatic carbocycles. The minimum absolute atomic E-state index is 0.0840. The van der Waals surface area contributed by atoms with Crippen LogP contribution in [-0.4, -0.2) is 45.1 Å². The smallest absolute Gasteiger partial charge is 0.230 e. The van der Waals surface area contributed by atoms with Crippen LogP contribution >= 0.6 is 11.8 Å². The average molecular weight is 454 g/mol. The molecule has 1 atom stereocenters. The Balaban J connectivity index is 1.42. The van der Waals surface area contributed by atoms with E-state index in [0.717, 1.165) is 34.7 Å².